The minimum atomic E-state index is -0.478. The molecule has 1 rings (SSSR count). The highest BCUT2D eigenvalue weighted by Gasteiger charge is 2.29. The van der Waals surface area contributed by atoms with Gasteiger partial charge in [0.25, 0.3) is 0 Å². The number of nitrogens with zero attached hydrogens (tertiary/aromatic N) is 1. The second-order valence-corrected chi connectivity index (χ2v) is 10.8. The zero-order valence-electron chi connectivity index (χ0n) is 7.55. The summed E-state index contributed by atoms with van der Waals surface area (Å²) in [6, 6.07) is 0. The summed E-state index contributed by atoms with van der Waals surface area (Å²) in [4.78, 5) is 0. The quantitative estimate of drug-likeness (QED) is 0.551. The van der Waals surface area contributed by atoms with Gasteiger partial charge >= 0.3 is 0 Å². The van der Waals surface area contributed by atoms with Crippen molar-refractivity contribution in [3.05, 3.63) is 0 Å². The van der Waals surface area contributed by atoms with Crippen molar-refractivity contribution in [3.8, 4) is 0 Å². The third-order valence-corrected chi connectivity index (χ3v) is 9.36. The largest absolute Gasteiger partial charge is 0.291 e. The first-order valence-electron chi connectivity index (χ1n) is 4.02. The molecule has 0 spiro atoms. The maximum atomic E-state index is 2.81. The van der Waals surface area contributed by atoms with Crippen LogP contribution in [0.15, 0.2) is 0 Å². The molecular formula is C7H19NSSi. The van der Waals surface area contributed by atoms with Crippen LogP contribution < -0.4 is 0 Å². The maximum absolute atomic E-state index is 2.81. The average molecular weight is 177 g/mol. The number of hydrogen-bond donors (Lipinski definition) is 0. The van der Waals surface area contributed by atoms with E-state index in [1.54, 1.807) is 0 Å². The molecule has 0 amide bonds. The Morgan fingerprint density at radius 3 is 2.10 bits per heavy atom. The smallest absolute Gasteiger partial charge is 0.116 e. The Kier molecular flexibility index (Phi) is 2.48. The van der Waals surface area contributed by atoms with Gasteiger partial charge in [-0.25, -0.2) is 0 Å². The summed E-state index contributed by atoms with van der Waals surface area (Å²) in [6.07, 6.45) is 6.38. The Balaban J connectivity index is 2.59. The second kappa shape index (κ2) is 2.87. The fourth-order valence-electron chi connectivity index (χ4n) is 1.77. The molecule has 0 radical (unpaired) electrons. The van der Waals surface area contributed by atoms with Crippen molar-refractivity contribution in [1.82, 2.24) is 3.97 Å². The molecular weight excluding hydrogens is 158 g/mol. The molecule has 3 heteroatoms. The first-order valence-corrected chi connectivity index (χ1v) is 9.42. The van der Waals surface area contributed by atoms with E-state index in [4.69, 9.17) is 0 Å². The molecule has 0 saturated carbocycles. The lowest BCUT2D eigenvalue weighted by molar-refractivity contribution is 0.711. The molecule has 10 heavy (non-hydrogen) atoms. The Labute approximate surface area is 67.9 Å². The molecule has 0 unspecified atom stereocenters. The summed E-state index contributed by atoms with van der Waals surface area (Å²) in [5, 5.41) is 0. The Morgan fingerprint density at radius 2 is 1.90 bits per heavy atom. The van der Waals surface area contributed by atoms with E-state index in [0.717, 1.165) is 0 Å². The molecule has 1 heterocycles. The molecule has 1 aliphatic rings. The van der Waals surface area contributed by atoms with Crippen molar-refractivity contribution in [1.29, 1.82) is 0 Å². The molecule has 0 bridgehead atoms. The van der Waals surface area contributed by atoms with E-state index >= 15 is 0 Å². The van der Waals surface area contributed by atoms with Gasteiger partial charge in [0.1, 0.15) is 8.96 Å². The minimum Gasteiger partial charge on any atom is -0.291 e. The summed E-state index contributed by atoms with van der Waals surface area (Å²) >= 11 is 0. The molecule has 0 aromatic carbocycles. The van der Waals surface area contributed by atoms with Crippen LogP contribution in [0.25, 0.3) is 0 Å². The van der Waals surface area contributed by atoms with E-state index in [9.17, 15) is 0 Å². The van der Waals surface area contributed by atoms with E-state index in [-0.39, 0.29) is 10.2 Å². The molecule has 1 saturated heterocycles. The summed E-state index contributed by atoms with van der Waals surface area (Å²) in [6.45, 7) is 6.28. The fraction of sp³-hybridized carbons (Fsp3) is 1.00. The predicted molar refractivity (Wildman–Crippen MR) is 54.5 cm³/mol. The summed E-state index contributed by atoms with van der Waals surface area (Å²) in [7, 11) is -0.769. The number of rotatable bonds is 1. The third kappa shape index (κ3) is 1.57. The van der Waals surface area contributed by atoms with Gasteiger partial charge in [0, 0.05) is 6.54 Å². The lowest BCUT2D eigenvalue weighted by Gasteiger charge is -2.39. The molecule has 0 atom stereocenters. The third-order valence-electron chi connectivity index (χ3n) is 2.23. The van der Waals surface area contributed by atoms with Crippen LogP contribution in [0.2, 0.25) is 13.1 Å². The van der Waals surface area contributed by atoms with Crippen LogP contribution in [0.1, 0.15) is 6.42 Å². The van der Waals surface area contributed by atoms with Crippen LogP contribution in [0.4, 0.5) is 0 Å². The zero-order valence-corrected chi connectivity index (χ0v) is 9.53. The van der Waals surface area contributed by atoms with Gasteiger partial charge in [0.2, 0.25) is 0 Å². The van der Waals surface area contributed by atoms with Crippen molar-refractivity contribution < 1.29 is 0 Å². The van der Waals surface area contributed by atoms with Crippen molar-refractivity contribution in [2.75, 3.05) is 24.8 Å². The van der Waals surface area contributed by atoms with E-state index in [2.05, 4.69) is 29.6 Å². The van der Waals surface area contributed by atoms with Gasteiger partial charge in [-0.15, -0.1) is 0 Å². The normalized spacial score (nSPS) is 29.3. The second-order valence-electron chi connectivity index (χ2n) is 3.77. The van der Waals surface area contributed by atoms with Gasteiger partial charge in [-0.1, -0.05) is 13.1 Å². The van der Waals surface area contributed by atoms with Gasteiger partial charge in [0.05, 0.1) is 0 Å². The van der Waals surface area contributed by atoms with Gasteiger partial charge in [-0.2, -0.15) is 10.2 Å². The van der Waals surface area contributed by atoms with Crippen molar-refractivity contribution in [2.24, 2.45) is 0 Å². The van der Waals surface area contributed by atoms with Crippen LogP contribution in [0.5, 0.6) is 0 Å². The molecule has 1 nitrogen and oxygen atoms in total. The highest BCUT2D eigenvalue weighted by atomic mass is 32.3. The van der Waals surface area contributed by atoms with Gasteiger partial charge < -0.3 is 0 Å². The molecule has 62 valence electrons. The summed E-state index contributed by atoms with van der Waals surface area (Å²) in [5.41, 5.74) is 0. The van der Waals surface area contributed by atoms with E-state index in [0.29, 0.717) is 0 Å². The van der Waals surface area contributed by atoms with Crippen LogP contribution in [0.3, 0.4) is 0 Å². The first-order chi connectivity index (χ1) is 4.54. The highest BCUT2D eigenvalue weighted by Crippen LogP contribution is 2.49. The number of hydrogen-bond acceptors (Lipinski definition) is 1. The molecule has 0 aliphatic carbocycles. The Hall–Kier alpha value is 0.527. The van der Waals surface area contributed by atoms with E-state index in [1.807, 2.05) is 0 Å². The summed E-state index contributed by atoms with van der Waals surface area (Å²) < 4.78 is 2.81. The topological polar surface area (TPSA) is 3.24 Å². The Bertz CT molecular complexity index is 125. The molecule has 1 aliphatic heterocycles. The van der Waals surface area contributed by atoms with Gasteiger partial charge in [-0.3, -0.25) is 3.97 Å². The van der Waals surface area contributed by atoms with Crippen molar-refractivity contribution >= 4 is 19.2 Å². The lowest BCUT2D eigenvalue weighted by Crippen LogP contribution is -2.32. The van der Waals surface area contributed by atoms with Crippen molar-refractivity contribution in [2.45, 2.75) is 19.5 Å². The van der Waals surface area contributed by atoms with Crippen molar-refractivity contribution in [3.63, 3.8) is 0 Å². The Morgan fingerprint density at radius 1 is 1.30 bits per heavy atom. The van der Waals surface area contributed by atoms with Crippen LogP contribution in [0, 0.1) is 0 Å². The SMILES string of the molecule is C[SiH](C)N1CCCS1(C)C. The van der Waals surface area contributed by atoms with Crippen LogP contribution in [-0.2, 0) is 0 Å². The zero-order chi connectivity index (χ0) is 7.78. The maximum Gasteiger partial charge on any atom is 0.116 e. The average Bonchev–Trinajstić information content (AvgIpc) is 2.08. The van der Waals surface area contributed by atoms with E-state index < -0.39 is 8.96 Å². The van der Waals surface area contributed by atoms with E-state index in [1.165, 1.54) is 18.7 Å². The fourth-order valence-corrected chi connectivity index (χ4v) is 9.04. The minimum absolute atomic E-state index is 0.291. The summed E-state index contributed by atoms with van der Waals surface area (Å²) in [5.74, 6) is 1.48. The lowest BCUT2D eigenvalue weighted by atomic mass is 10.5. The first kappa shape index (κ1) is 8.62. The molecule has 0 aromatic rings. The molecule has 0 N–H and O–H groups in total. The monoisotopic (exact) mass is 177 g/mol. The predicted octanol–water partition coefficient (Wildman–Crippen LogP) is 1.65. The molecule has 0 aromatic heterocycles. The highest BCUT2D eigenvalue weighted by molar-refractivity contribution is 8.31. The molecule has 1 fully saturated rings. The van der Waals surface area contributed by atoms with Gasteiger partial charge in [-0.05, 0) is 24.7 Å². The standard InChI is InChI=1S/C7H19NSSi/c1-9(2)7-5-6-8(9)10(3)4/h10H,5-7H2,1-4H3. The van der Waals surface area contributed by atoms with Crippen LogP contribution >= 0.6 is 10.2 Å². The van der Waals surface area contributed by atoms with Crippen LogP contribution in [-0.4, -0.2) is 37.7 Å². The van der Waals surface area contributed by atoms with Gasteiger partial charge in [0.15, 0.2) is 0 Å².